The van der Waals surface area contributed by atoms with Crippen LogP contribution in [0.4, 0.5) is 0 Å². The van der Waals surface area contributed by atoms with Gasteiger partial charge < -0.3 is 0 Å². The van der Waals surface area contributed by atoms with Crippen LogP contribution in [0.1, 0.15) is 77.6 Å². The number of rotatable bonds is 5. The summed E-state index contributed by atoms with van der Waals surface area (Å²) in [7, 11) is 0. The fourth-order valence-electron chi connectivity index (χ4n) is 4.16. The van der Waals surface area contributed by atoms with Crippen molar-refractivity contribution in [3.8, 4) is 0 Å². The van der Waals surface area contributed by atoms with E-state index in [0.29, 0.717) is 0 Å². The van der Waals surface area contributed by atoms with Crippen LogP contribution < -0.4 is 0 Å². The van der Waals surface area contributed by atoms with E-state index in [1.807, 2.05) is 18.6 Å². The van der Waals surface area contributed by atoms with Gasteiger partial charge in [0, 0.05) is 0 Å². The standard InChI is InChI=1S/C17H31.Ga/c1-3-15-8-10-17(11-9-15)13-12-16-6-4-14(2)5-7-16;/h14-17H,2-13H2,1H3;. The molecule has 0 bridgehead atoms. The van der Waals surface area contributed by atoms with E-state index in [1.54, 1.807) is 51.4 Å². The number of hydrogen-bond acceptors (Lipinski definition) is 0. The first-order valence-corrected chi connectivity index (χ1v) is 10.2. The number of hydrogen-bond donors (Lipinski definition) is 0. The van der Waals surface area contributed by atoms with Crippen molar-refractivity contribution in [3.05, 3.63) is 0 Å². The van der Waals surface area contributed by atoms with Crippen LogP contribution in [0, 0.1) is 23.7 Å². The van der Waals surface area contributed by atoms with E-state index in [0.717, 1.165) is 23.7 Å². The van der Waals surface area contributed by atoms with Crippen LogP contribution in [0.15, 0.2) is 0 Å². The summed E-state index contributed by atoms with van der Waals surface area (Å²) in [5.41, 5.74) is 0. The Morgan fingerprint density at radius 3 is 1.44 bits per heavy atom. The van der Waals surface area contributed by atoms with Gasteiger partial charge in [-0.1, -0.05) is 6.92 Å². The minimum atomic E-state index is 1.07. The predicted octanol–water partition coefficient (Wildman–Crippen LogP) is 5.38. The summed E-state index contributed by atoms with van der Waals surface area (Å²) in [6.45, 7) is 2.37. The van der Waals surface area contributed by atoms with Crippen LogP contribution in [0.2, 0.25) is 4.98 Å². The van der Waals surface area contributed by atoms with Crippen molar-refractivity contribution >= 4 is 18.6 Å². The average Bonchev–Trinajstić information content (AvgIpc) is 2.46. The van der Waals surface area contributed by atoms with Crippen LogP contribution >= 0.6 is 0 Å². The molecule has 102 valence electrons. The van der Waals surface area contributed by atoms with Gasteiger partial charge in [0.25, 0.3) is 0 Å². The van der Waals surface area contributed by atoms with Gasteiger partial charge in [-0.15, -0.1) is 0 Å². The molecule has 2 saturated carbocycles. The fraction of sp³-hybridized carbons (Fsp3) is 1.00. The zero-order valence-electron chi connectivity index (χ0n) is 12.4. The summed E-state index contributed by atoms with van der Waals surface area (Å²) < 4.78 is 0. The molecule has 2 radical (unpaired) electrons. The Morgan fingerprint density at radius 2 is 1.06 bits per heavy atom. The van der Waals surface area contributed by atoms with Gasteiger partial charge in [-0.2, -0.15) is 0 Å². The van der Waals surface area contributed by atoms with E-state index in [4.69, 9.17) is 0 Å². The molecule has 2 fully saturated rings. The summed E-state index contributed by atoms with van der Waals surface area (Å²) in [6, 6.07) is 0. The Hall–Kier alpha value is 0.636. The molecule has 0 heterocycles. The Labute approximate surface area is 125 Å². The van der Waals surface area contributed by atoms with Crippen molar-refractivity contribution in [1.82, 2.24) is 0 Å². The molecule has 0 aromatic carbocycles. The third-order valence-electron chi connectivity index (χ3n) is 5.83. The second-order valence-electron chi connectivity index (χ2n) is 6.99. The molecule has 2 rings (SSSR count). The van der Waals surface area contributed by atoms with Crippen molar-refractivity contribution in [2.24, 2.45) is 23.7 Å². The normalized spacial score (nSPS) is 37.6. The van der Waals surface area contributed by atoms with E-state index in [9.17, 15) is 0 Å². The summed E-state index contributed by atoms with van der Waals surface area (Å²) >= 11 is 1.95. The summed E-state index contributed by atoms with van der Waals surface area (Å²) in [5, 5.41) is 0. The topological polar surface area (TPSA) is 0 Å². The van der Waals surface area contributed by atoms with Crippen molar-refractivity contribution < 1.29 is 0 Å². The molecule has 0 unspecified atom stereocenters. The van der Waals surface area contributed by atoms with Gasteiger partial charge in [0.1, 0.15) is 0 Å². The van der Waals surface area contributed by atoms with E-state index in [1.165, 1.54) is 24.2 Å². The van der Waals surface area contributed by atoms with Crippen LogP contribution in [0.3, 0.4) is 0 Å². The summed E-state index contributed by atoms with van der Waals surface area (Å²) in [4.78, 5) is 1.49. The summed E-state index contributed by atoms with van der Waals surface area (Å²) in [6.07, 6.45) is 16.9. The van der Waals surface area contributed by atoms with Crippen LogP contribution in [0.5, 0.6) is 0 Å². The molecule has 0 spiro atoms. The Balaban J connectivity index is 1.58. The molecule has 1 heteroatoms. The molecule has 0 aromatic rings. The van der Waals surface area contributed by atoms with Gasteiger partial charge in [0.2, 0.25) is 0 Å². The van der Waals surface area contributed by atoms with Gasteiger partial charge in [0.15, 0.2) is 0 Å². The van der Waals surface area contributed by atoms with E-state index in [-0.39, 0.29) is 0 Å². The molecular weight excluding hydrogens is 274 g/mol. The van der Waals surface area contributed by atoms with Crippen LogP contribution in [-0.4, -0.2) is 18.6 Å². The van der Waals surface area contributed by atoms with Gasteiger partial charge in [-0.3, -0.25) is 0 Å². The molecular formula is C17H31Ga. The Bertz CT molecular complexity index is 186. The zero-order valence-corrected chi connectivity index (χ0v) is 14.8. The SMILES string of the molecule is CCC1CCC(CCC2CCC([CH2][Ga])CC2)CC1. The van der Waals surface area contributed by atoms with Crippen LogP contribution in [-0.2, 0) is 0 Å². The minimum absolute atomic E-state index is 1.07. The summed E-state index contributed by atoms with van der Waals surface area (Å²) in [5.74, 6) is 4.37. The quantitative estimate of drug-likeness (QED) is 0.598. The van der Waals surface area contributed by atoms with Crippen molar-refractivity contribution in [3.63, 3.8) is 0 Å². The predicted molar refractivity (Wildman–Crippen MR) is 81.0 cm³/mol. The maximum absolute atomic E-state index is 2.37. The molecule has 0 nitrogen and oxygen atoms in total. The average molecular weight is 305 g/mol. The molecule has 0 aliphatic heterocycles. The van der Waals surface area contributed by atoms with Crippen molar-refractivity contribution in [2.45, 2.75) is 82.5 Å². The van der Waals surface area contributed by atoms with Gasteiger partial charge in [0.05, 0.1) is 0 Å². The first kappa shape index (κ1) is 15.0. The molecule has 0 atom stereocenters. The van der Waals surface area contributed by atoms with Crippen LogP contribution in [0.25, 0.3) is 0 Å². The Morgan fingerprint density at radius 1 is 0.667 bits per heavy atom. The fourth-order valence-corrected chi connectivity index (χ4v) is 5.14. The molecule has 0 saturated heterocycles. The van der Waals surface area contributed by atoms with Crippen molar-refractivity contribution in [2.75, 3.05) is 0 Å². The molecule has 0 N–H and O–H groups in total. The van der Waals surface area contributed by atoms with Gasteiger partial charge >= 0.3 is 118 Å². The van der Waals surface area contributed by atoms with E-state index < -0.39 is 0 Å². The maximum atomic E-state index is 2.37. The third kappa shape index (κ3) is 4.63. The molecule has 2 aliphatic rings. The van der Waals surface area contributed by atoms with Crippen molar-refractivity contribution in [1.29, 1.82) is 0 Å². The first-order chi connectivity index (χ1) is 8.81. The monoisotopic (exact) mass is 304 g/mol. The second kappa shape index (κ2) is 8.04. The second-order valence-corrected chi connectivity index (χ2v) is 7.98. The van der Waals surface area contributed by atoms with Gasteiger partial charge in [-0.05, 0) is 0 Å². The molecule has 18 heavy (non-hydrogen) atoms. The molecule has 0 amide bonds. The third-order valence-corrected chi connectivity index (χ3v) is 7.23. The van der Waals surface area contributed by atoms with E-state index >= 15 is 0 Å². The zero-order chi connectivity index (χ0) is 12.8. The van der Waals surface area contributed by atoms with Gasteiger partial charge in [-0.25, -0.2) is 0 Å². The Kier molecular flexibility index (Phi) is 6.72. The first-order valence-electron chi connectivity index (χ1n) is 8.51. The molecule has 2 aliphatic carbocycles. The molecule has 0 aromatic heterocycles. The van der Waals surface area contributed by atoms with E-state index in [2.05, 4.69) is 6.92 Å².